The minimum Gasteiger partial charge on any atom is -0.481 e. The van der Waals surface area contributed by atoms with Crippen molar-refractivity contribution in [1.82, 2.24) is 0 Å². The summed E-state index contributed by atoms with van der Waals surface area (Å²) in [5, 5.41) is 22.2. The van der Waals surface area contributed by atoms with Gasteiger partial charge in [0.2, 0.25) is 0 Å². The lowest BCUT2D eigenvalue weighted by Crippen LogP contribution is -2.68. The number of esters is 2. The summed E-state index contributed by atoms with van der Waals surface area (Å²) in [4.78, 5) is 37.0. The number of carbonyl (C=O) groups excluding carboxylic acids is 2. The van der Waals surface area contributed by atoms with Crippen LogP contribution in [0, 0.1) is 50.2 Å². The second-order valence-corrected chi connectivity index (χ2v) is 16.3. The topological polar surface area (TPSA) is 110 Å². The molecule has 0 heterocycles. The molecule has 5 aliphatic rings. The predicted octanol–water partition coefficient (Wildman–Crippen LogP) is 6.32. The van der Waals surface area contributed by atoms with Gasteiger partial charge in [-0.1, -0.05) is 53.2 Å². The lowest BCUT2D eigenvalue weighted by atomic mass is 9.33. The van der Waals surface area contributed by atoms with Gasteiger partial charge < -0.3 is 19.7 Å². The molecule has 0 aliphatic heterocycles. The molecule has 5 aliphatic carbocycles. The van der Waals surface area contributed by atoms with E-state index in [0.717, 1.165) is 44.9 Å². The number of carboxylic acids is 1. The van der Waals surface area contributed by atoms with Crippen molar-refractivity contribution in [1.29, 1.82) is 0 Å². The predicted molar refractivity (Wildman–Crippen MR) is 155 cm³/mol. The van der Waals surface area contributed by atoms with Gasteiger partial charge in [0.15, 0.2) is 0 Å². The van der Waals surface area contributed by atoms with E-state index in [1.54, 1.807) is 0 Å². The summed E-state index contributed by atoms with van der Waals surface area (Å²) < 4.78 is 11.4. The summed E-state index contributed by atoms with van der Waals surface area (Å²) in [7, 11) is 0. The largest absolute Gasteiger partial charge is 0.481 e. The standard InChI is InChI=1S/C34H52O7/c1-20(35)40-19-31(6)25-11-12-33(8)26(30(25,5)18-24(27(31)37)41-21(2)36)10-9-22-23-17-29(3,4)13-15-34(23,28(38)39)16-14-32(22,33)7/h9,23-27,37H,10-19H2,1-8H3,(H,38,39)/t23-,24+,25+,26+,27-,30-,31+,32+,33+,34-/m0/s1. The fraction of sp³-hybridized carbons (Fsp3) is 0.853. The Bertz CT molecular complexity index is 1160. The minimum atomic E-state index is -0.936. The summed E-state index contributed by atoms with van der Waals surface area (Å²) in [6.45, 7) is 16.6. The Balaban J connectivity index is 1.60. The number of rotatable bonds is 4. The van der Waals surface area contributed by atoms with E-state index in [1.165, 1.54) is 19.4 Å². The van der Waals surface area contributed by atoms with E-state index in [0.29, 0.717) is 12.8 Å². The monoisotopic (exact) mass is 572 g/mol. The highest BCUT2D eigenvalue weighted by Crippen LogP contribution is 2.76. The van der Waals surface area contributed by atoms with Crippen molar-refractivity contribution in [2.24, 2.45) is 50.2 Å². The molecule has 4 saturated carbocycles. The highest BCUT2D eigenvalue weighted by Gasteiger charge is 2.71. The summed E-state index contributed by atoms with van der Waals surface area (Å²) in [5.74, 6) is -1.06. The number of hydrogen-bond acceptors (Lipinski definition) is 6. The van der Waals surface area contributed by atoms with Gasteiger partial charge >= 0.3 is 17.9 Å². The third-order valence-corrected chi connectivity index (χ3v) is 13.7. The van der Waals surface area contributed by atoms with Crippen LogP contribution in [0.3, 0.4) is 0 Å². The number of ether oxygens (including phenoxy) is 2. The smallest absolute Gasteiger partial charge is 0.310 e. The molecule has 41 heavy (non-hydrogen) atoms. The Morgan fingerprint density at radius 3 is 2.17 bits per heavy atom. The first kappa shape index (κ1) is 30.6. The van der Waals surface area contributed by atoms with Gasteiger partial charge in [-0.2, -0.15) is 0 Å². The lowest BCUT2D eigenvalue weighted by molar-refractivity contribution is -0.250. The molecule has 7 heteroatoms. The van der Waals surface area contributed by atoms with Gasteiger partial charge in [0.25, 0.3) is 0 Å². The van der Waals surface area contributed by atoms with Crippen molar-refractivity contribution in [3.05, 3.63) is 11.6 Å². The normalized spacial score (nSPS) is 48.3. The van der Waals surface area contributed by atoms with Crippen molar-refractivity contribution < 1.29 is 34.1 Å². The van der Waals surface area contributed by atoms with Crippen LogP contribution in [0.25, 0.3) is 0 Å². The van der Waals surface area contributed by atoms with Crippen LogP contribution in [-0.4, -0.2) is 46.9 Å². The first-order valence-corrected chi connectivity index (χ1v) is 15.8. The van der Waals surface area contributed by atoms with E-state index in [-0.39, 0.29) is 52.0 Å². The van der Waals surface area contributed by atoms with Crippen LogP contribution >= 0.6 is 0 Å². The number of aliphatic carboxylic acids is 1. The van der Waals surface area contributed by atoms with Gasteiger partial charge in [-0.15, -0.1) is 0 Å². The molecule has 5 rings (SSSR count). The van der Waals surface area contributed by atoms with Crippen LogP contribution in [0.15, 0.2) is 11.6 Å². The zero-order valence-electron chi connectivity index (χ0n) is 26.5. The first-order valence-electron chi connectivity index (χ1n) is 15.8. The molecule has 10 atom stereocenters. The summed E-state index contributed by atoms with van der Waals surface area (Å²) >= 11 is 0. The molecule has 2 N–H and O–H groups in total. The third kappa shape index (κ3) is 4.25. The molecule has 0 saturated heterocycles. The van der Waals surface area contributed by atoms with Gasteiger partial charge in [0.1, 0.15) is 6.10 Å². The molecule has 0 bridgehead atoms. The molecule has 0 aromatic heterocycles. The van der Waals surface area contributed by atoms with Crippen LogP contribution in [0.1, 0.15) is 113 Å². The molecule has 0 amide bonds. The van der Waals surface area contributed by atoms with Crippen LogP contribution in [0.4, 0.5) is 0 Å². The Labute approximate surface area is 245 Å². The highest BCUT2D eigenvalue weighted by molar-refractivity contribution is 5.76. The molecule has 4 fully saturated rings. The zero-order chi connectivity index (χ0) is 30.4. The average molecular weight is 573 g/mol. The lowest BCUT2D eigenvalue weighted by Gasteiger charge is -2.71. The number of carboxylic acid groups (broad SMARTS) is 1. The van der Waals surface area contributed by atoms with Crippen molar-refractivity contribution in [2.75, 3.05) is 6.61 Å². The number of fused-ring (bicyclic) bond motifs is 7. The van der Waals surface area contributed by atoms with Gasteiger partial charge in [0, 0.05) is 19.3 Å². The Morgan fingerprint density at radius 1 is 0.902 bits per heavy atom. The third-order valence-electron chi connectivity index (χ3n) is 13.7. The van der Waals surface area contributed by atoms with Crippen LogP contribution in [-0.2, 0) is 23.9 Å². The van der Waals surface area contributed by atoms with Crippen molar-refractivity contribution in [3.63, 3.8) is 0 Å². The van der Waals surface area contributed by atoms with Crippen LogP contribution in [0.2, 0.25) is 0 Å². The van der Waals surface area contributed by atoms with E-state index in [2.05, 4.69) is 40.7 Å². The molecular formula is C34H52O7. The summed E-state index contributed by atoms with van der Waals surface area (Å²) in [6, 6.07) is 0. The number of aliphatic hydroxyl groups is 1. The minimum absolute atomic E-state index is 0.0435. The van der Waals surface area contributed by atoms with E-state index in [4.69, 9.17) is 9.47 Å². The highest BCUT2D eigenvalue weighted by atomic mass is 16.6. The van der Waals surface area contributed by atoms with E-state index < -0.39 is 35.0 Å². The number of aliphatic hydroxyl groups excluding tert-OH is 1. The fourth-order valence-electron chi connectivity index (χ4n) is 11.3. The average Bonchev–Trinajstić information content (AvgIpc) is 2.85. The van der Waals surface area contributed by atoms with Gasteiger partial charge in [-0.05, 0) is 97.2 Å². The Kier molecular flexibility index (Phi) is 7.12. The maximum Gasteiger partial charge on any atom is 0.310 e. The number of hydrogen-bond donors (Lipinski definition) is 2. The molecule has 7 nitrogen and oxygen atoms in total. The zero-order valence-corrected chi connectivity index (χ0v) is 26.5. The van der Waals surface area contributed by atoms with E-state index in [9.17, 15) is 24.6 Å². The van der Waals surface area contributed by atoms with Gasteiger partial charge in [-0.3, -0.25) is 14.4 Å². The van der Waals surface area contributed by atoms with Gasteiger partial charge in [-0.25, -0.2) is 0 Å². The Morgan fingerprint density at radius 2 is 1.56 bits per heavy atom. The number of carbonyl (C=O) groups is 3. The van der Waals surface area contributed by atoms with Crippen molar-refractivity contribution in [3.8, 4) is 0 Å². The molecule has 0 aromatic rings. The molecular weight excluding hydrogens is 520 g/mol. The number of allylic oxidation sites excluding steroid dienone is 2. The quantitative estimate of drug-likeness (QED) is 0.300. The second kappa shape index (κ2) is 9.56. The molecule has 0 radical (unpaired) electrons. The van der Waals surface area contributed by atoms with Crippen LogP contribution < -0.4 is 0 Å². The SMILES string of the molecule is CC(=O)OC[C@]1(C)[C@@H]2CC[C@]3(C)[C@H](CC=C4[C@@H]5CC(C)(C)CC[C@]5(C(=O)O)CC[C@]43C)[C@@]2(C)C[C@@H](OC(C)=O)[C@@H]1O. The Hall–Kier alpha value is -1.89. The van der Waals surface area contributed by atoms with E-state index in [1.807, 2.05) is 6.92 Å². The molecule has 0 spiro atoms. The second-order valence-electron chi connectivity index (χ2n) is 16.3. The summed E-state index contributed by atoms with van der Waals surface area (Å²) in [6.07, 6.45) is 8.18. The molecule has 0 aromatic carbocycles. The maximum absolute atomic E-state index is 12.9. The van der Waals surface area contributed by atoms with Crippen molar-refractivity contribution in [2.45, 2.75) is 125 Å². The first-order chi connectivity index (χ1) is 18.9. The van der Waals surface area contributed by atoms with E-state index >= 15 is 0 Å². The molecule has 230 valence electrons. The fourth-order valence-corrected chi connectivity index (χ4v) is 11.3. The maximum atomic E-state index is 12.9. The van der Waals surface area contributed by atoms with Gasteiger partial charge in [0.05, 0.1) is 18.1 Å². The van der Waals surface area contributed by atoms with Crippen LogP contribution in [0.5, 0.6) is 0 Å². The van der Waals surface area contributed by atoms with Crippen molar-refractivity contribution >= 4 is 17.9 Å². The molecule has 0 unspecified atom stereocenters. The summed E-state index contributed by atoms with van der Waals surface area (Å²) in [5.41, 5.74) is -0.458.